The Kier molecular flexibility index (Phi) is 4.45. The molecule has 0 spiro atoms. The number of hydrogen-bond acceptors (Lipinski definition) is 6. The molecule has 2 aromatic heterocycles. The van der Waals surface area contributed by atoms with Crippen molar-refractivity contribution >= 4 is 17.2 Å². The van der Waals surface area contributed by atoms with Crippen LogP contribution in [-0.2, 0) is 13.0 Å². The van der Waals surface area contributed by atoms with E-state index in [2.05, 4.69) is 43.1 Å². The fourth-order valence-corrected chi connectivity index (χ4v) is 3.30. The minimum atomic E-state index is 0.965. The molecule has 0 N–H and O–H groups in total. The summed E-state index contributed by atoms with van der Waals surface area (Å²) in [5.74, 6) is 1.05. The van der Waals surface area contributed by atoms with Gasteiger partial charge in [0.25, 0.3) is 0 Å². The molecular formula is C15H21N5S. The minimum Gasteiger partial charge on any atom is -0.354 e. The molecule has 0 aromatic carbocycles. The molecule has 3 rings (SSSR count). The van der Waals surface area contributed by atoms with Crippen LogP contribution in [0.2, 0.25) is 0 Å². The minimum absolute atomic E-state index is 0.965. The molecule has 1 aliphatic rings. The molecule has 0 unspecified atom stereocenters. The van der Waals surface area contributed by atoms with Gasteiger partial charge in [0.2, 0.25) is 0 Å². The molecule has 3 heterocycles. The molecule has 0 amide bonds. The summed E-state index contributed by atoms with van der Waals surface area (Å²) in [4.78, 5) is 18.0. The van der Waals surface area contributed by atoms with Crippen molar-refractivity contribution in [3.63, 3.8) is 0 Å². The van der Waals surface area contributed by atoms with E-state index in [0.717, 1.165) is 50.7 Å². The van der Waals surface area contributed by atoms with E-state index in [4.69, 9.17) is 0 Å². The largest absolute Gasteiger partial charge is 0.354 e. The summed E-state index contributed by atoms with van der Waals surface area (Å²) in [7, 11) is 0. The van der Waals surface area contributed by atoms with Gasteiger partial charge in [-0.05, 0) is 13.3 Å². The van der Waals surface area contributed by atoms with Gasteiger partial charge in [0.1, 0.15) is 12.1 Å². The number of hydrogen-bond donors (Lipinski definition) is 0. The molecule has 0 saturated carbocycles. The Labute approximate surface area is 129 Å². The SMILES string of the molecule is CCc1nc(CN2CCN(c3cc(C)ncn3)CC2)cs1. The van der Waals surface area contributed by atoms with Crippen LogP contribution in [0, 0.1) is 6.92 Å². The Balaban J connectivity index is 1.55. The van der Waals surface area contributed by atoms with E-state index in [1.54, 1.807) is 17.7 Å². The van der Waals surface area contributed by atoms with E-state index in [9.17, 15) is 0 Å². The summed E-state index contributed by atoms with van der Waals surface area (Å²) in [5.41, 5.74) is 2.24. The molecule has 1 fully saturated rings. The highest BCUT2D eigenvalue weighted by atomic mass is 32.1. The fourth-order valence-electron chi connectivity index (χ4n) is 2.56. The lowest BCUT2D eigenvalue weighted by Gasteiger charge is -2.35. The lowest BCUT2D eigenvalue weighted by atomic mass is 10.3. The lowest BCUT2D eigenvalue weighted by Crippen LogP contribution is -2.46. The lowest BCUT2D eigenvalue weighted by molar-refractivity contribution is 0.247. The molecule has 1 saturated heterocycles. The highest BCUT2D eigenvalue weighted by Gasteiger charge is 2.19. The van der Waals surface area contributed by atoms with Gasteiger partial charge in [-0.2, -0.15) is 0 Å². The van der Waals surface area contributed by atoms with Crippen molar-refractivity contribution in [2.24, 2.45) is 0 Å². The van der Waals surface area contributed by atoms with Crippen LogP contribution in [0.25, 0.3) is 0 Å². The number of thiazole rings is 1. The van der Waals surface area contributed by atoms with Gasteiger partial charge >= 0.3 is 0 Å². The molecular weight excluding hydrogens is 282 g/mol. The van der Waals surface area contributed by atoms with Crippen LogP contribution >= 0.6 is 11.3 Å². The second kappa shape index (κ2) is 6.49. The van der Waals surface area contributed by atoms with Gasteiger partial charge in [0.05, 0.1) is 10.7 Å². The third kappa shape index (κ3) is 3.57. The van der Waals surface area contributed by atoms with Crippen LogP contribution in [0.15, 0.2) is 17.8 Å². The van der Waals surface area contributed by atoms with Gasteiger partial charge < -0.3 is 4.90 Å². The normalized spacial score (nSPS) is 16.4. The van der Waals surface area contributed by atoms with E-state index in [1.807, 2.05) is 6.92 Å². The van der Waals surface area contributed by atoms with Gasteiger partial charge in [-0.1, -0.05) is 6.92 Å². The second-order valence-electron chi connectivity index (χ2n) is 5.37. The Morgan fingerprint density at radius 3 is 2.67 bits per heavy atom. The zero-order chi connectivity index (χ0) is 14.7. The molecule has 0 atom stereocenters. The third-order valence-corrected chi connectivity index (χ3v) is 4.81. The first-order valence-corrected chi connectivity index (χ1v) is 8.32. The van der Waals surface area contributed by atoms with Crippen LogP contribution < -0.4 is 4.90 Å². The predicted octanol–water partition coefficient (Wildman–Crippen LogP) is 2.13. The molecule has 0 bridgehead atoms. The first-order valence-electron chi connectivity index (χ1n) is 7.44. The van der Waals surface area contributed by atoms with Gasteiger partial charge in [0, 0.05) is 49.9 Å². The van der Waals surface area contributed by atoms with Crippen molar-refractivity contribution in [1.29, 1.82) is 0 Å². The monoisotopic (exact) mass is 303 g/mol. The fraction of sp³-hybridized carbons (Fsp3) is 0.533. The Morgan fingerprint density at radius 1 is 1.19 bits per heavy atom. The van der Waals surface area contributed by atoms with Gasteiger partial charge in [-0.15, -0.1) is 11.3 Å². The molecule has 1 aliphatic heterocycles. The smallest absolute Gasteiger partial charge is 0.132 e. The molecule has 6 heteroatoms. The molecule has 21 heavy (non-hydrogen) atoms. The van der Waals surface area contributed by atoms with Crippen molar-refractivity contribution in [3.05, 3.63) is 34.2 Å². The van der Waals surface area contributed by atoms with Crippen molar-refractivity contribution in [2.75, 3.05) is 31.1 Å². The van der Waals surface area contributed by atoms with Crippen LogP contribution in [-0.4, -0.2) is 46.0 Å². The number of nitrogens with zero attached hydrogens (tertiary/aromatic N) is 5. The van der Waals surface area contributed by atoms with Crippen LogP contribution in [0.3, 0.4) is 0 Å². The maximum Gasteiger partial charge on any atom is 0.132 e. The zero-order valence-electron chi connectivity index (χ0n) is 12.6. The molecule has 0 radical (unpaired) electrons. The van der Waals surface area contributed by atoms with Crippen molar-refractivity contribution in [3.8, 4) is 0 Å². The Bertz CT molecular complexity index is 589. The average molecular weight is 303 g/mol. The number of anilines is 1. The summed E-state index contributed by atoms with van der Waals surface area (Å²) in [6.45, 7) is 9.28. The van der Waals surface area contributed by atoms with Gasteiger partial charge in [0.15, 0.2) is 0 Å². The number of aromatic nitrogens is 3. The third-order valence-electron chi connectivity index (χ3n) is 3.77. The van der Waals surface area contributed by atoms with E-state index < -0.39 is 0 Å². The average Bonchev–Trinajstić information content (AvgIpc) is 2.96. The van der Waals surface area contributed by atoms with Crippen molar-refractivity contribution < 1.29 is 0 Å². The summed E-state index contributed by atoms with van der Waals surface area (Å²) >= 11 is 1.77. The zero-order valence-corrected chi connectivity index (χ0v) is 13.4. The first-order chi connectivity index (χ1) is 10.2. The number of piperazine rings is 1. The van der Waals surface area contributed by atoms with E-state index >= 15 is 0 Å². The molecule has 0 aliphatic carbocycles. The highest BCUT2D eigenvalue weighted by Crippen LogP contribution is 2.16. The Hall–Kier alpha value is -1.53. The predicted molar refractivity (Wildman–Crippen MR) is 85.8 cm³/mol. The summed E-state index contributed by atoms with van der Waals surface area (Å²) in [6.07, 6.45) is 2.68. The number of rotatable bonds is 4. The summed E-state index contributed by atoms with van der Waals surface area (Å²) < 4.78 is 0. The standard InChI is InChI=1S/C15H21N5S/c1-3-15-18-13(10-21-15)9-19-4-6-20(7-5-19)14-8-12(2)16-11-17-14/h8,10-11H,3-7,9H2,1-2H3. The topological polar surface area (TPSA) is 45.2 Å². The van der Waals surface area contributed by atoms with Gasteiger partial charge in [-0.3, -0.25) is 4.90 Å². The van der Waals surface area contributed by atoms with E-state index in [0.29, 0.717) is 0 Å². The Morgan fingerprint density at radius 2 is 2.00 bits per heavy atom. The molecule has 5 nitrogen and oxygen atoms in total. The van der Waals surface area contributed by atoms with Crippen molar-refractivity contribution in [1.82, 2.24) is 19.9 Å². The maximum atomic E-state index is 4.65. The number of aryl methyl sites for hydroxylation is 2. The highest BCUT2D eigenvalue weighted by molar-refractivity contribution is 7.09. The second-order valence-corrected chi connectivity index (χ2v) is 6.31. The van der Waals surface area contributed by atoms with E-state index in [-0.39, 0.29) is 0 Å². The first kappa shape index (κ1) is 14.4. The summed E-state index contributed by atoms with van der Waals surface area (Å²) in [6, 6.07) is 2.06. The molecule has 112 valence electrons. The summed E-state index contributed by atoms with van der Waals surface area (Å²) in [5, 5.41) is 3.43. The van der Waals surface area contributed by atoms with Crippen LogP contribution in [0.1, 0.15) is 23.3 Å². The maximum absolute atomic E-state index is 4.65. The van der Waals surface area contributed by atoms with Crippen LogP contribution in [0.5, 0.6) is 0 Å². The molecule has 2 aromatic rings. The van der Waals surface area contributed by atoms with E-state index in [1.165, 1.54) is 10.7 Å². The quantitative estimate of drug-likeness (QED) is 0.866. The van der Waals surface area contributed by atoms with Gasteiger partial charge in [-0.25, -0.2) is 15.0 Å². The van der Waals surface area contributed by atoms with Crippen LogP contribution in [0.4, 0.5) is 5.82 Å². The van der Waals surface area contributed by atoms with Crippen molar-refractivity contribution in [2.45, 2.75) is 26.8 Å².